The number of hydrogen-bond acceptors (Lipinski definition) is 3. The van der Waals surface area contributed by atoms with Gasteiger partial charge in [-0.05, 0) is 40.0 Å². The van der Waals surface area contributed by atoms with Gasteiger partial charge in [-0.2, -0.15) is 0 Å². The molecule has 5 nitrogen and oxygen atoms in total. The highest BCUT2D eigenvalue weighted by Crippen LogP contribution is 2.32. The Morgan fingerprint density at radius 2 is 1.35 bits per heavy atom. The van der Waals surface area contributed by atoms with E-state index in [-0.39, 0.29) is 0 Å². The van der Waals surface area contributed by atoms with Crippen molar-refractivity contribution >= 4 is 12.1 Å². The van der Waals surface area contributed by atoms with E-state index in [2.05, 4.69) is 0 Å². The number of amides is 1. The minimum atomic E-state index is -1.14. The van der Waals surface area contributed by atoms with E-state index < -0.39 is 23.2 Å². The predicted molar refractivity (Wildman–Crippen MR) is 104 cm³/mol. The molecule has 0 saturated heterocycles. The number of carbonyl (C=O) groups excluding carboxylic acids is 1. The summed E-state index contributed by atoms with van der Waals surface area (Å²) in [5.41, 5.74) is -1.77. The van der Waals surface area contributed by atoms with Gasteiger partial charge in [0.1, 0.15) is 11.1 Å². The average molecular weight is 370 g/mol. The van der Waals surface area contributed by atoms with Crippen LogP contribution >= 0.6 is 0 Å². The van der Waals surface area contributed by atoms with Crippen LogP contribution in [0.4, 0.5) is 4.79 Å². The SMILES string of the molecule is CCCN(C(=O)OC(C)(C)C)C1(C(=O)O)CCCCCCCCCCC1. The standard InChI is InChI=1S/C21H39NO4/c1-5-17-22(19(25)26-20(2,3)4)21(18(23)24)15-13-11-9-7-6-8-10-12-14-16-21/h5-17H2,1-4H3,(H,23,24). The fourth-order valence-electron chi connectivity index (χ4n) is 3.82. The maximum absolute atomic E-state index is 12.9. The number of carboxylic acid groups (broad SMARTS) is 1. The second-order valence-corrected chi connectivity index (χ2v) is 8.65. The van der Waals surface area contributed by atoms with Gasteiger partial charge in [-0.15, -0.1) is 0 Å². The van der Waals surface area contributed by atoms with Gasteiger partial charge in [0.25, 0.3) is 0 Å². The molecule has 1 aliphatic rings. The summed E-state index contributed by atoms with van der Waals surface area (Å²) in [5.74, 6) is -0.881. The topological polar surface area (TPSA) is 66.8 Å². The Kier molecular flexibility index (Phi) is 9.45. The molecule has 0 aromatic heterocycles. The number of hydrogen-bond donors (Lipinski definition) is 1. The third-order valence-corrected chi connectivity index (χ3v) is 5.16. The summed E-state index contributed by atoms with van der Waals surface area (Å²) < 4.78 is 5.58. The van der Waals surface area contributed by atoms with Crippen LogP contribution in [-0.2, 0) is 9.53 Å². The maximum Gasteiger partial charge on any atom is 0.411 e. The van der Waals surface area contributed by atoms with Gasteiger partial charge in [-0.1, -0.05) is 64.7 Å². The molecule has 0 aromatic carbocycles. The fourth-order valence-corrected chi connectivity index (χ4v) is 3.82. The first-order valence-electron chi connectivity index (χ1n) is 10.5. The van der Waals surface area contributed by atoms with Gasteiger partial charge in [0.2, 0.25) is 0 Å². The first-order chi connectivity index (χ1) is 12.2. The van der Waals surface area contributed by atoms with E-state index in [1.807, 2.05) is 27.7 Å². The summed E-state index contributed by atoms with van der Waals surface area (Å²) in [7, 11) is 0. The molecule has 1 fully saturated rings. The van der Waals surface area contributed by atoms with Crippen molar-refractivity contribution in [2.24, 2.45) is 0 Å². The molecule has 1 saturated carbocycles. The second-order valence-electron chi connectivity index (χ2n) is 8.65. The molecule has 0 aliphatic heterocycles. The smallest absolute Gasteiger partial charge is 0.411 e. The van der Waals surface area contributed by atoms with Crippen LogP contribution in [0.25, 0.3) is 0 Å². The molecule has 1 amide bonds. The number of rotatable bonds is 4. The Hall–Kier alpha value is -1.26. The van der Waals surface area contributed by atoms with Crippen LogP contribution < -0.4 is 0 Å². The summed E-state index contributed by atoms with van der Waals surface area (Å²) in [4.78, 5) is 26.8. The summed E-state index contributed by atoms with van der Waals surface area (Å²) in [6.45, 7) is 7.86. The molecular formula is C21H39NO4. The summed E-state index contributed by atoms with van der Waals surface area (Å²) in [6.07, 6.45) is 11.0. The molecule has 0 unspecified atom stereocenters. The van der Waals surface area contributed by atoms with Crippen molar-refractivity contribution in [2.75, 3.05) is 6.54 Å². The normalized spacial score (nSPS) is 19.7. The van der Waals surface area contributed by atoms with Crippen LogP contribution in [0, 0.1) is 0 Å². The summed E-state index contributed by atoms with van der Waals surface area (Å²) in [5, 5.41) is 10.2. The largest absolute Gasteiger partial charge is 0.479 e. The minimum absolute atomic E-state index is 0.418. The number of carbonyl (C=O) groups is 2. The number of aliphatic carboxylic acids is 1. The molecule has 0 heterocycles. The second kappa shape index (κ2) is 10.8. The lowest BCUT2D eigenvalue weighted by atomic mass is 9.84. The van der Waals surface area contributed by atoms with Crippen molar-refractivity contribution in [2.45, 2.75) is 116 Å². The summed E-state index contributed by atoms with van der Waals surface area (Å²) in [6, 6.07) is 0. The quantitative estimate of drug-likeness (QED) is 0.684. The predicted octanol–water partition coefficient (Wildman–Crippen LogP) is 5.76. The molecule has 0 radical (unpaired) electrons. The van der Waals surface area contributed by atoms with E-state index in [1.54, 1.807) is 0 Å². The molecule has 152 valence electrons. The Labute approximate surface area is 159 Å². The lowest BCUT2D eigenvalue weighted by Gasteiger charge is -2.41. The van der Waals surface area contributed by atoms with E-state index in [0.29, 0.717) is 25.8 Å². The minimum Gasteiger partial charge on any atom is -0.479 e. The van der Waals surface area contributed by atoms with Gasteiger partial charge in [-0.25, -0.2) is 9.59 Å². The van der Waals surface area contributed by atoms with Crippen LogP contribution in [0.15, 0.2) is 0 Å². The highest BCUT2D eigenvalue weighted by atomic mass is 16.6. The molecule has 26 heavy (non-hydrogen) atoms. The maximum atomic E-state index is 12.9. The Bertz CT molecular complexity index is 430. The van der Waals surface area contributed by atoms with Crippen molar-refractivity contribution in [3.8, 4) is 0 Å². The molecule has 0 aromatic rings. The van der Waals surface area contributed by atoms with Gasteiger partial charge in [0.15, 0.2) is 0 Å². The monoisotopic (exact) mass is 369 g/mol. The van der Waals surface area contributed by atoms with Crippen molar-refractivity contribution < 1.29 is 19.4 Å². The van der Waals surface area contributed by atoms with E-state index in [1.165, 1.54) is 24.2 Å². The Balaban J connectivity index is 3.09. The Morgan fingerprint density at radius 3 is 1.69 bits per heavy atom. The van der Waals surface area contributed by atoms with Crippen LogP contribution in [0.3, 0.4) is 0 Å². The van der Waals surface area contributed by atoms with E-state index >= 15 is 0 Å². The van der Waals surface area contributed by atoms with Crippen LogP contribution in [-0.4, -0.2) is 39.8 Å². The summed E-state index contributed by atoms with van der Waals surface area (Å²) >= 11 is 0. The lowest BCUT2D eigenvalue weighted by molar-refractivity contribution is -0.153. The average Bonchev–Trinajstić information content (AvgIpc) is 2.52. The van der Waals surface area contributed by atoms with Gasteiger partial charge in [0, 0.05) is 6.54 Å². The van der Waals surface area contributed by atoms with Crippen molar-refractivity contribution in [1.29, 1.82) is 0 Å². The molecule has 0 spiro atoms. The van der Waals surface area contributed by atoms with Crippen LogP contribution in [0.1, 0.15) is 105 Å². The zero-order valence-corrected chi connectivity index (χ0v) is 17.3. The number of ether oxygens (including phenoxy) is 1. The van der Waals surface area contributed by atoms with Gasteiger partial charge < -0.3 is 9.84 Å². The third kappa shape index (κ3) is 7.16. The first kappa shape index (κ1) is 22.8. The van der Waals surface area contributed by atoms with Crippen LogP contribution in [0.2, 0.25) is 0 Å². The molecule has 1 aliphatic carbocycles. The van der Waals surface area contributed by atoms with Crippen LogP contribution in [0.5, 0.6) is 0 Å². The lowest BCUT2D eigenvalue weighted by Crippen LogP contribution is -2.58. The number of carboxylic acids is 1. The molecule has 5 heteroatoms. The van der Waals surface area contributed by atoms with Gasteiger partial charge in [0.05, 0.1) is 0 Å². The molecule has 0 atom stereocenters. The Morgan fingerprint density at radius 1 is 0.923 bits per heavy atom. The fraction of sp³-hybridized carbons (Fsp3) is 0.905. The zero-order chi connectivity index (χ0) is 19.6. The van der Waals surface area contributed by atoms with Crippen molar-refractivity contribution in [1.82, 2.24) is 4.90 Å². The van der Waals surface area contributed by atoms with E-state index in [9.17, 15) is 14.7 Å². The molecule has 1 N–H and O–H groups in total. The van der Waals surface area contributed by atoms with Crippen molar-refractivity contribution in [3.63, 3.8) is 0 Å². The van der Waals surface area contributed by atoms with Gasteiger partial charge in [-0.3, -0.25) is 4.90 Å². The third-order valence-electron chi connectivity index (χ3n) is 5.16. The molecular weight excluding hydrogens is 330 g/mol. The first-order valence-corrected chi connectivity index (χ1v) is 10.5. The number of nitrogens with zero attached hydrogens (tertiary/aromatic N) is 1. The van der Waals surface area contributed by atoms with Crippen molar-refractivity contribution in [3.05, 3.63) is 0 Å². The zero-order valence-electron chi connectivity index (χ0n) is 17.3. The highest BCUT2D eigenvalue weighted by molar-refractivity contribution is 5.84. The van der Waals surface area contributed by atoms with Gasteiger partial charge >= 0.3 is 12.1 Å². The molecule has 1 rings (SSSR count). The molecule has 0 bridgehead atoms. The van der Waals surface area contributed by atoms with E-state index in [4.69, 9.17) is 4.74 Å². The van der Waals surface area contributed by atoms with E-state index in [0.717, 1.165) is 38.5 Å². The highest BCUT2D eigenvalue weighted by Gasteiger charge is 2.46.